The number of rotatable bonds is 6. The van der Waals surface area contributed by atoms with Crippen molar-refractivity contribution >= 4 is 17.3 Å². The summed E-state index contributed by atoms with van der Waals surface area (Å²) in [4.78, 5) is 16.4. The predicted molar refractivity (Wildman–Crippen MR) is 103 cm³/mol. The lowest BCUT2D eigenvalue weighted by molar-refractivity contribution is -0.137. The van der Waals surface area contributed by atoms with Crippen LogP contribution in [0.2, 0.25) is 0 Å². The van der Waals surface area contributed by atoms with Gasteiger partial charge < -0.3 is 10.6 Å². The van der Waals surface area contributed by atoms with E-state index in [1.54, 1.807) is 12.1 Å². The number of amides is 1. The molecule has 1 aromatic carbocycles. The van der Waals surface area contributed by atoms with Crippen LogP contribution in [0.25, 0.3) is 0 Å². The lowest BCUT2D eigenvalue weighted by atomic mass is 9.97. The molecule has 0 atom stereocenters. The molecule has 7 heteroatoms. The number of nitrogens with one attached hydrogen (secondary N) is 2. The fourth-order valence-electron chi connectivity index (χ4n) is 3.13. The summed E-state index contributed by atoms with van der Waals surface area (Å²) in [5.41, 5.74) is 1.60. The number of nitrogens with zero attached hydrogens (tertiary/aromatic N) is 1. The fraction of sp³-hybridized carbons (Fsp3) is 0.333. The molecule has 1 aromatic heterocycles. The van der Waals surface area contributed by atoms with Gasteiger partial charge in [0.1, 0.15) is 5.69 Å². The molecule has 0 aliphatic heterocycles. The highest BCUT2D eigenvalue weighted by atomic mass is 19.4. The van der Waals surface area contributed by atoms with E-state index in [0.29, 0.717) is 0 Å². The summed E-state index contributed by atoms with van der Waals surface area (Å²) < 4.78 is 38.4. The van der Waals surface area contributed by atoms with Gasteiger partial charge in [-0.15, -0.1) is 0 Å². The Balaban J connectivity index is 1.60. The van der Waals surface area contributed by atoms with Crippen molar-refractivity contribution in [1.29, 1.82) is 0 Å². The second-order valence-electron chi connectivity index (χ2n) is 6.75. The van der Waals surface area contributed by atoms with Crippen LogP contribution in [-0.2, 0) is 6.18 Å². The largest absolute Gasteiger partial charge is 0.416 e. The third kappa shape index (κ3) is 5.58. The van der Waals surface area contributed by atoms with Crippen LogP contribution in [0.1, 0.15) is 48.2 Å². The molecule has 0 radical (unpaired) electrons. The van der Waals surface area contributed by atoms with Crippen LogP contribution in [0, 0.1) is 0 Å². The predicted octanol–water partition coefficient (Wildman–Crippen LogP) is 5.66. The molecule has 4 nitrogen and oxygen atoms in total. The van der Waals surface area contributed by atoms with E-state index < -0.39 is 17.6 Å². The number of hydrogen-bond acceptors (Lipinski definition) is 3. The molecule has 3 rings (SSSR count). The number of pyridine rings is 1. The zero-order valence-electron chi connectivity index (χ0n) is 15.4. The smallest absolute Gasteiger partial charge is 0.385 e. The van der Waals surface area contributed by atoms with E-state index in [4.69, 9.17) is 0 Å². The molecule has 1 aliphatic rings. The van der Waals surface area contributed by atoms with Crippen molar-refractivity contribution in [3.05, 3.63) is 65.5 Å². The monoisotopic (exact) mass is 389 g/mol. The molecular formula is C21H22F3N3O. The summed E-state index contributed by atoms with van der Waals surface area (Å²) in [7, 11) is 0. The van der Waals surface area contributed by atoms with E-state index in [9.17, 15) is 18.0 Å². The first-order valence-corrected chi connectivity index (χ1v) is 9.28. The summed E-state index contributed by atoms with van der Waals surface area (Å²) >= 11 is 0. The number of allylic oxidation sites excluding steroid dienone is 1. The SMILES string of the molecule is O=C(Nc1cccc(C(F)(F)F)c1)c1cc(NCCC2=CCCCC2)ccn1. The van der Waals surface area contributed by atoms with E-state index in [-0.39, 0.29) is 11.4 Å². The van der Waals surface area contributed by atoms with E-state index >= 15 is 0 Å². The molecular weight excluding hydrogens is 367 g/mol. The molecule has 0 saturated heterocycles. The number of halogens is 3. The number of carbonyl (C=O) groups excluding carboxylic acids is 1. The minimum Gasteiger partial charge on any atom is -0.385 e. The summed E-state index contributed by atoms with van der Waals surface area (Å²) in [5.74, 6) is -0.557. The third-order valence-electron chi connectivity index (χ3n) is 4.60. The third-order valence-corrected chi connectivity index (χ3v) is 4.60. The van der Waals surface area contributed by atoms with Gasteiger partial charge in [0, 0.05) is 24.1 Å². The van der Waals surface area contributed by atoms with Crippen LogP contribution in [0.4, 0.5) is 24.5 Å². The Morgan fingerprint density at radius 1 is 1.11 bits per heavy atom. The highest BCUT2D eigenvalue weighted by molar-refractivity contribution is 6.03. The van der Waals surface area contributed by atoms with Gasteiger partial charge in [0.15, 0.2) is 0 Å². The maximum Gasteiger partial charge on any atom is 0.416 e. The van der Waals surface area contributed by atoms with Gasteiger partial charge in [0.2, 0.25) is 0 Å². The number of benzene rings is 1. The molecule has 148 valence electrons. The highest BCUT2D eigenvalue weighted by Crippen LogP contribution is 2.30. The van der Waals surface area contributed by atoms with Crippen molar-refractivity contribution in [3.63, 3.8) is 0 Å². The minimum atomic E-state index is -4.46. The van der Waals surface area contributed by atoms with Gasteiger partial charge >= 0.3 is 6.18 Å². The lowest BCUT2D eigenvalue weighted by Gasteiger charge is -2.14. The van der Waals surface area contributed by atoms with Crippen molar-refractivity contribution in [1.82, 2.24) is 4.98 Å². The molecule has 0 saturated carbocycles. The number of alkyl halides is 3. The molecule has 0 fully saturated rings. The van der Waals surface area contributed by atoms with Crippen LogP contribution >= 0.6 is 0 Å². The maximum atomic E-state index is 12.8. The maximum absolute atomic E-state index is 12.8. The number of hydrogen-bond donors (Lipinski definition) is 2. The first-order chi connectivity index (χ1) is 13.4. The molecule has 1 aliphatic carbocycles. The Kier molecular flexibility index (Phi) is 6.34. The Bertz CT molecular complexity index is 862. The zero-order valence-corrected chi connectivity index (χ0v) is 15.4. The van der Waals surface area contributed by atoms with Gasteiger partial charge in [-0.3, -0.25) is 9.78 Å². The van der Waals surface area contributed by atoms with Crippen LogP contribution < -0.4 is 10.6 Å². The molecule has 0 spiro atoms. The van der Waals surface area contributed by atoms with Gasteiger partial charge in [0.05, 0.1) is 5.56 Å². The van der Waals surface area contributed by atoms with Gasteiger partial charge in [0.25, 0.3) is 5.91 Å². The van der Waals surface area contributed by atoms with Gasteiger partial charge in [-0.1, -0.05) is 17.7 Å². The Morgan fingerprint density at radius 3 is 2.71 bits per heavy atom. The van der Waals surface area contributed by atoms with E-state index in [0.717, 1.165) is 43.6 Å². The van der Waals surface area contributed by atoms with E-state index in [2.05, 4.69) is 21.7 Å². The summed E-state index contributed by atoms with van der Waals surface area (Å²) in [6, 6.07) is 7.88. The number of carbonyl (C=O) groups is 1. The summed E-state index contributed by atoms with van der Waals surface area (Å²) in [6.45, 7) is 0.754. The number of aromatic nitrogens is 1. The first-order valence-electron chi connectivity index (χ1n) is 9.28. The summed E-state index contributed by atoms with van der Waals surface area (Å²) in [5, 5.41) is 5.74. The molecule has 2 aromatic rings. The van der Waals surface area contributed by atoms with E-state index in [1.807, 2.05) is 0 Å². The number of anilines is 2. The molecule has 1 heterocycles. The van der Waals surface area contributed by atoms with Crippen LogP contribution in [-0.4, -0.2) is 17.4 Å². The minimum absolute atomic E-state index is 0.0734. The lowest BCUT2D eigenvalue weighted by Crippen LogP contribution is -2.15. The zero-order chi connectivity index (χ0) is 20.0. The van der Waals surface area contributed by atoms with Crippen molar-refractivity contribution < 1.29 is 18.0 Å². The Labute approximate surface area is 161 Å². The normalized spacial score (nSPS) is 14.3. The van der Waals surface area contributed by atoms with Crippen molar-refractivity contribution in [2.24, 2.45) is 0 Å². The van der Waals surface area contributed by atoms with Crippen LogP contribution in [0.5, 0.6) is 0 Å². The van der Waals surface area contributed by atoms with Crippen molar-refractivity contribution in [2.45, 2.75) is 38.3 Å². The molecule has 2 N–H and O–H groups in total. The second kappa shape index (κ2) is 8.91. The van der Waals surface area contributed by atoms with Crippen molar-refractivity contribution in [2.75, 3.05) is 17.2 Å². The molecule has 1 amide bonds. The van der Waals surface area contributed by atoms with Gasteiger partial charge in [-0.05, 0) is 62.4 Å². The van der Waals surface area contributed by atoms with Crippen molar-refractivity contribution in [3.8, 4) is 0 Å². The highest BCUT2D eigenvalue weighted by Gasteiger charge is 2.30. The standard InChI is InChI=1S/C21H22F3N3O/c22-21(23,24)16-7-4-8-18(13-16)27-20(28)19-14-17(10-12-26-19)25-11-9-15-5-2-1-3-6-15/h4-5,7-8,10,12-14H,1-3,6,9,11H2,(H,25,26)(H,27,28). The van der Waals surface area contributed by atoms with Gasteiger partial charge in [-0.2, -0.15) is 13.2 Å². The average molecular weight is 389 g/mol. The Hall–Kier alpha value is -2.83. The first kappa shape index (κ1) is 19.9. The van der Waals surface area contributed by atoms with Crippen LogP contribution in [0.3, 0.4) is 0 Å². The average Bonchev–Trinajstić information content (AvgIpc) is 2.69. The Morgan fingerprint density at radius 2 is 1.96 bits per heavy atom. The molecule has 0 unspecified atom stereocenters. The quantitative estimate of drug-likeness (QED) is 0.627. The van der Waals surface area contributed by atoms with Gasteiger partial charge in [-0.25, -0.2) is 0 Å². The molecule has 28 heavy (non-hydrogen) atoms. The van der Waals surface area contributed by atoms with Crippen LogP contribution in [0.15, 0.2) is 54.2 Å². The van der Waals surface area contributed by atoms with E-state index in [1.165, 1.54) is 36.7 Å². The topological polar surface area (TPSA) is 54.0 Å². The second-order valence-corrected chi connectivity index (χ2v) is 6.75. The fourth-order valence-corrected chi connectivity index (χ4v) is 3.13. The summed E-state index contributed by atoms with van der Waals surface area (Å²) in [6.07, 6.45) is 5.07. The molecule has 0 bridgehead atoms.